The van der Waals surface area contributed by atoms with E-state index in [9.17, 15) is 21.6 Å². The highest BCUT2D eigenvalue weighted by Gasteiger charge is 2.32. The van der Waals surface area contributed by atoms with Gasteiger partial charge in [-0.25, -0.2) is 16.8 Å². The molecule has 0 fully saturated rings. The summed E-state index contributed by atoms with van der Waals surface area (Å²) >= 11 is 12.6. The number of aryl methyl sites for hydroxylation is 2. The molecule has 3 aromatic rings. The average molecular weight is 531 g/mol. The van der Waals surface area contributed by atoms with Gasteiger partial charge in [-0.3, -0.25) is 4.79 Å². The average Bonchev–Trinajstić information content (AvgIpc) is 3.08. The fourth-order valence-corrected chi connectivity index (χ4v) is 7.77. The van der Waals surface area contributed by atoms with Gasteiger partial charge >= 0.3 is 0 Å². The number of benzene rings is 2. The van der Waals surface area contributed by atoms with Crippen molar-refractivity contribution in [3.05, 3.63) is 57.3 Å². The third-order valence-corrected chi connectivity index (χ3v) is 9.25. The number of fused-ring (bicyclic) bond motifs is 3. The van der Waals surface area contributed by atoms with E-state index in [1.807, 2.05) is 6.07 Å². The highest BCUT2D eigenvalue weighted by molar-refractivity contribution is 8.09. The van der Waals surface area contributed by atoms with Crippen molar-refractivity contribution >= 4 is 71.5 Å². The molecule has 1 N–H and O–H groups in total. The van der Waals surface area contributed by atoms with Crippen LogP contribution in [0.15, 0.2) is 34.7 Å². The minimum atomic E-state index is -4.27. The van der Waals surface area contributed by atoms with Gasteiger partial charge in [-0.1, -0.05) is 35.3 Å². The maximum atomic E-state index is 13.2. The van der Waals surface area contributed by atoms with Crippen molar-refractivity contribution in [1.82, 2.24) is 0 Å². The Kier molecular flexibility index (Phi) is 6.15. The molecule has 33 heavy (non-hydrogen) atoms. The highest BCUT2D eigenvalue weighted by Crippen LogP contribution is 2.39. The number of rotatable bonds is 5. The summed E-state index contributed by atoms with van der Waals surface area (Å²) in [6.07, 6.45) is 5.25. The number of furan rings is 1. The monoisotopic (exact) mass is 530 g/mol. The Morgan fingerprint density at radius 2 is 1.67 bits per heavy atom. The normalized spacial score (nSPS) is 14.2. The van der Waals surface area contributed by atoms with E-state index in [0.29, 0.717) is 11.3 Å². The number of hydrogen-bond acceptors (Lipinski definition) is 6. The first-order valence-corrected chi connectivity index (χ1v) is 14.4. The summed E-state index contributed by atoms with van der Waals surface area (Å²) in [5.74, 6) is 0.156. The van der Waals surface area contributed by atoms with Gasteiger partial charge in [0.25, 0.3) is 5.91 Å². The van der Waals surface area contributed by atoms with Gasteiger partial charge in [0.1, 0.15) is 5.76 Å². The number of sulfonamides is 2. The van der Waals surface area contributed by atoms with Crippen molar-refractivity contribution in [2.75, 3.05) is 21.5 Å². The quantitative estimate of drug-likeness (QED) is 0.515. The summed E-state index contributed by atoms with van der Waals surface area (Å²) < 4.78 is 54.9. The number of hydrogen-bond donors (Lipinski definition) is 1. The van der Waals surface area contributed by atoms with E-state index in [-0.39, 0.29) is 14.3 Å². The van der Waals surface area contributed by atoms with Crippen LogP contribution in [0.25, 0.3) is 11.0 Å². The van der Waals surface area contributed by atoms with Gasteiger partial charge in [-0.2, -0.15) is 3.71 Å². The molecular formula is C21H20Cl2N2O6S2. The second-order valence-electron chi connectivity index (χ2n) is 7.83. The maximum absolute atomic E-state index is 13.2. The molecule has 4 rings (SSSR count). The molecule has 1 amide bonds. The first-order valence-electron chi connectivity index (χ1n) is 9.92. The Hall–Kier alpha value is -2.27. The zero-order valence-corrected chi connectivity index (χ0v) is 20.8. The molecule has 0 atom stereocenters. The lowest BCUT2D eigenvalue weighted by Crippen LogP contribution is -2.35. The summed E-state index contributed by atoms with van der Waals surface area (Å²) in [6, 6.07) is 7.73. The topological polar surface area (TPSA) is 114 Å². The van der Waals surface area contributed by atoms with Crippen LogP contribution >= 0.6 is 23.2 Å². The number of nitrogens with one attached hydrogen (secondary N) is 1. The molecular weight excluding hydrogens is 511 g/mol. The lowest BCUT2D eigenvalue weighted by molar-refractivity contribution is 0.102. The van der Waals surface area contributed by atoms with Crippen LogP contribution in [0.3, 0.4) is 0 Å². The van der Waals surface area contributed by atoms with Gasteiger partial charge in [0.05, 0.1) is 39.5 Å². The summed E-state index contributed by atoms with van der Waals surface area (Å²) in [5, 5.41) is 3.14. The van der Waals surface area contributed by atoms with Crippen LogP contribution in [0.5, 0.6) is 0 Å². The van der Waals surface area contributed by atoms with Crippen LogP contribution in [-0.2, 0) is 32.9 Å². The molecule has 1 heterocycles. The molecule has 0 spiro atoms. The van der Waals surface area contributed by atoms with E-state index >= 15 is 0 Å². The first-order chi connectivity index (χ1) is 15.4. The van der Waals surface area contributed by atoms with E-state index in [1.54, 1.807) is 12.1 Å². The lowest BCUT2D eigenvalue weighted by atomic mass is 9.96. The summed E-state index contributed by atoms with van der Waals surface area (Å²) in [7, 11) is -8.54. The molecule has 0 radical (unpaired) electrons. The van der Waals surface area contributed by atoms with E-state index < -0.39 is 36.7 Å². The molecule has 2 aromatic carbocycles. The van der Waals surface area contributed by atoms with Crippen molar-refractivity contribution in [2.24, 2.45) is 0 Å². The molecule has 0 aliphatic heterocycles. The molecule has 1 aromatic heterocycles. The number of amides is 1. The Bertz CT molecular complexity index is 1460. The van der Waals surface area contributed by atoms with Crippen molar-refractivity contribution in [2.45, 2.75) is 25.7 Å². The van der Waals surface area contributed by atoms with E-state index in [4.69, 9.17) is 27.6 Å². The number of carbonyl (C=O) groups excluding carboxylic acids is 1. The van der Waals surface area contributed by atoms with Gasteiger partial charge in [-0.05, 0) is 37.5 Å². The minimum Gasteiger partial charge on any atom is -0.459 e. The number of nitrogens with zero attached hydrogens (tertiary/aromatic N) is 1. The zero-order chi connectivity index (χ0) is 24.1. The molecule has 12 heteroatoms. The summed E-state index contributed by atoms with van der Waals surface area (Å²) in [5.41, 5.74) is 1.38. The van der Waals surface area contributed by atoms with Crippen molar-refractivity contribution in [3.63, 3.8) is 0 Å². The van der Waals surface area contributed by atoms with Gasteiger partial charge in [0.2, 0.25) is 20.0 Å². The van der Waals surface area contributed by atoms with E-state index in [1.165, 1.54) is 6.07 Å². The fraction of sp³-hybridized carbons (Fsp3) is 0.286. The molecule has 0 unspecified atom stereocenters. The van der Waals surface area contributed by atoms with Gasteiger partial charge in [-0.15, -0.1) is 0 Å². The fourth-order valence-electron chi connectivity index (χ4n) is 4.06. The first kappa shape index (κ1) is 23.9. The highest BCUT2D eigenvalue weighted by atomic mass is 35.5. The van der Waals surface area contributed by atoms with Gasteiger partial charge in [0.15, 0.2) is 5.58 Å². The molecule has 8 nitrogen and oxygen atoms in total. The van der Waals surface area contributed by atoms with E-state index in [2.05, 4.69) is 5.32 Å². The van der Waals surface area contributed by atoms with Crippen molar-refractivity contribution < 1.29 is 26.0 Å². The van der Waals surface area contributed by atoms with Gasteiger partial charge in [0, 0.05) is 17.4 Å². The smallest absolute Gasteiger partial charge is 0.258 e. The van der Waals surface area contributed by atoms with Crippen LogP contribution in [0.2, 0.25) is 10.0 Å². The second-order valence-corrected chi connectivity index (χ2v) is 12.5. The molecule has 0 bridgehead atoms. The Morgan fingerprint density at radius 1 is 1.00 bits per heavy atom. The summed E-state index contributed by atoms with van der Waals surface area (Å²) in [6.45, 7) is 0. The molecule has 1 aliphatic rings. The molecule has 1 aliphatic carbocycles. The van der Waals surface area contributed by atoms with Crippen molar-refractivity contribution in [3.8, 4) is 0 Å². The molecule has 0 saturated heterocycles. The van der Waals surface area contributed by atoms with Crippen molar-refractivity contribution in [1.29, 1.82) is 0 Å². The predicted octanol–water partition coefficient (Wildman–Crippen LogP) is 4.60. The lowest BCUT2D eigenvalue weighted by Gasteiger charge is -2.22. The number of para-hydroxylation sites is 1. The van der Waals surface area contributed by atoms with Crippen LogP contribution in [-0.4, -0.2) is 35.3 Å². The number of halogens is 2. The van der Waals surface area contributed by atoms with Gasteiger partial charge < -0.3 is 9.73 Å². The molecule has 0 saturated carbocycles. The predicted molar refractivity (Wildman–Crippen MR) is 129 cm³/mol. The Balaban J connectivity index is 1.79. The van der Waals surface area contributed by atoms with E-state index in [0.717, 1.165) is 61.0 Å². The Labute approximate surface area is 201 Å². The zero-order valence-electron chi connectivity index (χ0n) is 17.7. The second kappa shape index (κ2) is 8.50. The van der Waals surface area contributed by atoms with Crippen LogP contribution in [0, 0.1) is 0 Å². The summed E-state index contributed by atoms with van der Waals surface area (Å²) in [4.78, 5) is 13.2. The standard InChI is InChI=1S/C21H20Cl2N2O6S2/c1-32(27,28)25(33(2,29)30)16-11-10-14(22)18(19(16)23)21(26)24-15-8-5-7-13-12-6-3-4-9-17(12)31-20(13)15/h5,7-8,10-11H,3-4,6,9H2,1-2H3,(H,24,26). The third kappa shape index (κ3) is 4.44. The Morgan fingerprint density at radius 3 is 2.33 bits per heavy atom. The number of anilines is 2. The number of carbonyl (C=O) groups is 1. The minimum absolute atomic E-state index is 0.0749. The maximum Gasteiger partial charge on any atom is 0.258 e. The SMILES string of the molecule is CS(=O)(=O)N(c1ccc(Cl)c(C(=O)Nc2cccc3c4c(oc23)CCCC4)c1Cl)S(C)(=O)=O. The van der Waals surface area contributed by atoms with Crippen LogP contribution in [0.1, 0.15) is 34.5 Å². The van der Waals surface area contributed by atoms with Crippen LogP contribution < -0.4 is 9.03 Å². The largest absolute Gasteiger partial charge is 0.459 e. The molecule has 176 valence electrons. The van der Waals surface area contributed by atoms with Crippen LogP contribution in [0.4, 0.5) is 11.4 Å². The third-order valence-electron chi connectivity index (χ3n) is 5.33.